The molecule has 1 atom stereocenters. The Morgan fingerprint density at radius 3 is 2.64 bits per heavy atom. The zero-order chi connectivity index (χ0) is 15.5. The smallest absolute Gasteiger partial charge is 0.236 e. The van der Waals surface area contributed by atoms with Crippen molar-refractivity contribution in [2.75, 3.05) is 0 Å². The largest absolute Gasteiger partial charge is 0.444 e. The van der Waals surface area contributed by atoms with Gasteiger partial charge in [0.1, 0.15) is 6.26 Å². The van der Waals surface area contributed by atoms with Crippen LogP contribution in [0.2, 0.25) is 0 Å². The van der Waals surface area contributed by atoms with E-state index >= 15 is 0 Å². The van der Waals surface area contributed by atoms with E-state index in [-0.39, 0.29) is 0 Å². The predicted molar refractivity (Wildman–Crippen MR) is 91.3 cm³/mol. The Hall–Kier alpha value is -1.72. The van der Waals surface area contributed by atoms with E-state index in [4.69, 9.17) is 4.42 Å². The van der Waals surface area contributed by atoms with Gasteiger partial charge in [0, 0.05) is 16.6 Å². The Morgan fingerprint density at radius 1 is 1.18 bits per heavy atom. The van der Waals surface area contributed by atoms with Crippen molar-refractivity contribution < 1.29 is 8.63 Å². The fourth-order valence-electron chi connectivity index (χ4n) is 2.44. The highest BCUT2D eigenvalue weighted by Crippen LogP contribution is 2.24. The molecule has 2 heterocycles. The highest BCUT2D eigenvalue weighted by atomic mass is 32.2. The highest BCUT2D eigenvalue weighted by molar-refractivity contribution is 7.83. The molecular formula is C17H17NO2S2. The van der Waals surface area contributed by atoms with Crippen LogP contribution in [0, 0.1) is 13.8 Å². The lowest BCUT2D eigenvalue weighted by Crippen LogP contribution is -2.00. The molecule has 0 spiro atoms. The summed E-state index contributed by atoms with van der Waals surface area (Å²) in [5.74, 6) is 1.57. The van der Waals surface area contributed by atoms with Crippen LogP contribution in [0.15, 0.2) is 46.4 Å². The molecule has 0 aliphatic rings. The van der Waals surface area contributed by atoms with Gasteiger partial charge in [-0.25, -0.2) is 4.98 Å². The van der Waals surface area contributed by atoms with E-state index in [1.165, 1.54) is 11.1 Å². The molecule has 5 heteroatoms. The van der Waals surface area contributed by atoms with Crippen molar-refractivity contribution in [2.24, 2.45) is 0 Å². The number of oxazole rings is 1. The van der Waals surface area contributed by atoms with Gasteiger partial charge in [-0.3, -0.25) is 4.21 Å². The molecule has 0 radical (unpaired) electrons. The van der Waals surface area contributed by atoms with Crippen molar-refractivity contribution in [3.8, 4) is 10.8 Å². The summed E-state index contributed by atoms with van der Waals surface area (Å²) in [6.45, 7) is 4.12. The fraction of sp³-hybridized carbons (Fsp3) is 0.235. The summed E-state index contributed by atoms with van der Waals surface area (Å²) in [7, 11) is -0.991. The van der Waals surface area contributed by atoms with Gasteiger partial charge in [0.25, 0.3) is 0 Å². The van der Waals surface area contributed by atoms with Crippen LogP contribution >= 0.6 is 11.3 Å². The minimum atomic E-state index is -0.991. The maximum absolute atomic E-state index is 12.3. The Bertz CT molecular complexity index is 771. The second-order valence-electron chi connectivity index (χ2n) is 5.35. The molecule has 1 aromatic carbocycles. The maximum Gasteiger partial charge on any atom is 0.236 e. The Kier molecular flexibility index (Phi) is 4.55. The van der Waals surface area contributed by atoms with Gasteiger partial charge in [0.05, 0.1) is 16.3 Å². The number of hydrogen-bond acceptors (Lipinski definition) is 4. The van der Waals surface area contributed by atoms with Gasteiger partial charge >= 0.3 is 0 Å². The Balaban J connectivity index is 1.67. The van der Waals surface area contributed by atoms with Gasteiger partial charge in [-0.1, -0.05) is 35.4 Å². The average Bonchev–Trinajstić information content (AvgIpc) is 3.07. The van der Waals surface area contributed by atoms with Crippen LogP contribution in [0.4, 0.5) is 0 Å². The van der Waals surface area contributed by atoms with Gasteiger partial charge < -0.3 is 4.42 Å². The third kappa shape index (κ3) is 3.72. The number of thiophene rings is 1. The summed E-state index contributed by atoms with van der Waals surface area (Å²) in [5, 5.41) is 1.98. The molecule has 0 bridgehead atoms. The van der Waals surface area contributed by atoms with E-state index in [2.05, 4.69) is 37.0 Å². The van der Waals surface area contributed by atoms with Crippen molar-refractivity contribution in [3.63, 3.8) is 0 Å². The number of hydrogen-bond donors (Lipinski definition) is 0. The number of benzene rings is 1. The van der Waals surface area contributed by atoms with Crippen molar-refractivity contribution >= 4 is 22.1 Å². The Labute approximate surface area is 136 Å². The van der Waals surface area contributed by atoms with E-state index in [1.807, 2.05) is 17.5 Å². The molecule has 114 valence electrons. The molecule has 0 saturated heterocycles. The monoisotopic (exact) mass is 331 g/mol. The molecule has 3 aromatic rings. The van der Waals surface area contributed by atoms with E-state index in [1.54, 1.807) is 17.6 Å². The number of nitrogens with zero attached hydrogens (tertiary/aromatic N) is 1. The maximum atomic E-state index is 12.3. The lowest BCUT2D eigenvalue weighted by molar-refractivity contribution is 0.574. The average molecular weight is 331 g/mol. The summed E-state index contributed by atoms with van der Waals surface area (Å²) in [6, 6.07) is 10.2. The molecule has 22 heavy (non-hydrogen) atoms. The first-order chi connectivity index (χ1) is 10.6. The summed E-state index contributed by atoms with van der Waals surface area (Å²) >= 11 is 1.58. The lowest BCUT2D eigenvalue weighted by Gasteiger charge is -2.04. The van der Waals surface area contributed by atoms with Crippen LogP contribution in [0.1, 0.15) is 22.4 Å². The zero-order valence-corrected chi connectivity index (χ0v) is 14.2. The standard InChI is InChI=1S/C17H17NO2S2/c1-12-6-13(2)8-14(7-12)10-22(19)11-15-9-20-17(18-15)16-4-3-5-21-16/h3-9H,10-11H2,1-2H3. The van der Waals surface area contributed by atoms with Crippen LogP contribution < -0.4 is 0 Å². The van der Waals surface area contributed by atoms with Gasteiger partial charge in [0.15, 0.2) is 0 Å². The molecule has 0 N–H and O–H groups in total. The molecule has 0 amide bonds. The normalized spacial score (nSPS) is 12.5. The Morgan fingerprint density at radius 2 is 1.95 bits per heavy atom. The quantitative estimate of drug-likeness (QED) is 0.693. The first-order valence-corrected chi connectivity index (χ1v) is 9.37. The predicted octanol–water partition coefficient (Wildman–Crippen LogP) is 4.47. The van der Waals surface area contributed by atoms with E-state index in [9.17, 15) is 4.21 Å². The van der Waals surface area contributed by atoms with E-state index in [0.29, 0.717) is 17.4 Å². The molecule has 0 fully saturated rings. The second-order valence-corrected chi connectivity index (χ2v) is 7.75. The van der Waals surface area contributed by atoms with Crippen LogP contribution in [0.5, 0.6) is 0 Å². The highest BCUT2D eigenvalue weighted by Gasteiger charge is 2.11. The molecule has 3 rings (SSSR count). The van der Waals surface area contributed by atoms with Crippen molar-refractivity contribution in [1.29, 1.82) is 0 Å². The SMILES string of the molecule is Cc1cc(C)cc(CS(=O)Cc2coc(-c3cccs3)n2)c1. The minimum absolute atomic E-state index is 0.419. The summed E-state index contributed by atoms with van der Waals surface area (Å²) in [5.41, 5.74) is 4.26. The fourth-order valence-corrected chi connectivity index (χ4v) is 4.20. The zero-order valence-electron chi connectivity index (χ0n) is 12.5. The third-order valence-corrected chi connectivity index (χ3v) is 5.33. The van der Waals surface area contributed by atoms with Crippen molar-refractivity contribution in [3.05, 3.63) is 64.4 Å². The topological polar surface area (TPSA) is 43.1 Å². The van der Waals surface area contributed by atoms with E-state index < -0.39 is 10.8 Å². The van der Waals surface area contributed by atoms with E-state index in [0.717, 1.165) is 16.1 Å². The molecule has 1 unspecified atom stereocenters. The number of aromatic nitrogens is 1. The lowest BCUT2D eigenvalue weighted by atomic mass is 10.1. The summed E-state index contributed by atoms with van der Waals surface area (Å²) in [6.07, 6.45) is 1.61. The second kappa shape index (κ2) is 6.58. The van der Waals surface area contributed by atoms with Gasteiger partial charge in [-0.05, 0) is 30.9 Å². The minimum Gasteiger partial charge on any atom is -0.444 e. The summed E-state index contributed by atoms with van der Waals surface area (Å²) in [4.78, 5) is 5.41. The van der Waals surface area contributed by atoms with Gasteiger partial charge in [-0.15, -0.1) is 11.3 Å². The van der Waals surface area contributed by atoms with Gasteiger partial charge in [0.2, 0.25) is 5.89 Å². The van der Waals surface area contributed by atoms with Crippen LogP contribution in [-0.2, 0) is 22.3 Å². The molecular weight excluding hydrogens is 314 g/mol. The van der Waals surface area contributed by atoms with Gasteiger partial charge in [-0.2, -0.15) is 0 Å². The van der Waals surface area contributed by atoms with Crippen LogP contribution in [0.3, 0.4) is 0 Å². The first-order valence-electron chi connectivity index (χ1n) is 7.00. The molecule has 0 aliphatic heterocycles. The summed E-state index contributed by atoms with van der Waals surface area (Å²) < 4.78 is 17.8. The van der Waals surface area contributed by atoms with Crippen LogP contribution in [0.25, 0.3) is 10.8 Å². The number of aryl methyl sites for hydroxylation is 2. The molecule has 0 aliphatic carbocycles. The van der Waals surface area contributed by atoms with Crippen LogP contribution in [-0.4, -0.2) is 9.19 Å². The molecule has 2 aromatic heterocycles. The van der Waals surface area contributed by atoms with Crippen molar-refractivity contribution in [1.82, 2.24) is 4.98 Å². The van der Waals surface area contributed by atoms with Crippen molar-refractivity contribution in [2.45, 2.75) is 25.4 Å². The molecule has 0 saturated carbocycles. The first kappa shape index (κ1) is 15.2. The number of rotatable bonds is 5. The molecule has 3 nitrogen and oxygen atoms in total. The third-order valence-electron chi connectivity index (χ3n) is 3.20.